The Hall–Kier alpha value is -2.77. The van der Waals surface area contributed by atoms with Gasteiger partial charge >= 0.3 is 6.09 Å². The number of hydrogen-bond donors (Lipinski definition) is 3. The van der Waals surface area contributed by atoms with Crippen LogP contribution < -0.4 is 10.6 Å². The third kappa shape index (κ3) is 7.09. The SMILES string of the molecule is CC(C)(C)OC(=O)NCCC(=O)NC1CCN(C(=O)c2cccc(O)c2)CC1. The molecule has 0 bridgehead atoms. The fourth-order valence-corrected chi connectivity index (χ4v) is 2.94. The van der Waals surface area contributed by atoms with E-state index in [4.69, 9.17) is 4.74 Å². The van der Waals surface area contributed by atoms with E-state index in [0.29, 0.717) is 31.5 Å². The molecular weight excluding hydrogens is 362 g/mol. The summed E-state index contributed by atoms with van der Waals surface area (Å²) in [6.45, 7) is 6.60. The first-order valence-corrected chi connectivity index (χ1v) is 9.48. The summed E-state index contributed by atoms with van der Waals surface area (Å²) < 4.78 is 5.11. The van der Waals surface area contributed by atoms with Gasteiger partial charge in [0.15, 0.2) is 0 Å². The van der Waals surface area contributed by atoms with Gasteiger partial charge in [0.1, 0.15) is 11.4 Å². The largest absolute Gasteiger partial charge is 0.508 e. The van der Waals surface area contributed by atoms with Crippen molar-refractivity contribution in [3.63, 3.8) is 0 Å². The summed E-state index contributed by atoms with van der Waals surface area (Å²) in [5.41, 5.74) is -0.119. The first kappa shape index (κ1) is 21.5. The standard InChI is InChI=1S/C20H29N3O5/c1-20(2,3)28-19(27)21-10-7-17(25)22-15-8-11-23(12-9-15)18(26)14-5-4-6-16(24)13-14/h4-6,13,15,24H,7-12H2,1-3H3,(H,21,27)(H,22,25). The van der Waals surface area contributed by atoms with E-state index in [2.05, 4.69) is 10.6 Å². The first-order chi connectivity index (χ1) is 13.1. The zero-order valence-corrected chi connectivity index (χ0v) is 16.7. The van der Waals surface area contributed by atoms with Crippen LogP contribution in [0.4, 0.5) is 4.79 Å². The topological polar surface area (TPSA) is 108 Å². The first-order valence-electron chi connectivity index (χ1n) is 9.48. The van der Waals surface area contributed by atoms with Crippen LogP contribution in [-0.2, 0) is 9.53 Å². The maximum Gasteiger partial charge on any atom is 0.407 e. The zero-order chi connectivity index (χ0) is 20.7. The van der Waals surface area contributed by atoms with Gasteiger partial charge in [-0.05, 0) is 51.8 Å². The lowest BCUT2D eigenvalue weighted by atomic mass is 10.0. The highest BCUT2D eigenvalue weighted by Crippen LogP contribution is 2.17. The highest BCUT2D eigenvalue weighted by molar-refractivity contribution is 5.94. The van der Waals surface area contributed by atoms with Crippen LogP contribution in [0.25, 0.3) is 0 Å². The molecule has 3 N–H and O–H groups in total. The average molecular weight is 391 g/mol. The van der Waals surface area contributed by atoms with Crippen molar-refractivity contribution in [2.75, 3.05) is 19.6 Å². The van der Waals surface area contributed by atoms with Gasteiger partial charge in [0.05, 0.1) is 0 Å². The van der Waals surface area contributed by atoms with Gasteiger partial charge < -0.3 is 25.4 Å². The predicted molar refractivity (Wildman–Crippen MR) is 104 cm³/mol. The molecule has 0 spiro atoms. The molecule has 2 rings (SSSR count). The van der Waals surface area contributed by atoms with Crippen LogP contribution in [0, 0.1) is 0 Å². The molecule has 154 valence electrons. The lowest BCUT2D eigenvalue weighted by Crippen LogP contribution is -2.47. The summed E-state index contributed by atoms with van der Waals surface area (Å²) in [6, 6.07) is 6.29. The molecule has 0 aromatic heterocycles. The van der Waals surface area contributed by atoms with Crippen molar-refractivity contribution in [2.45, 2.75) is 51.7 Å². The van der Waals surface area contributed by atoms with E-state index in [-0.39, 0.29) is 36.6 Å². The maximum atomic E-state index is 12.5. The fourth-order valence-electron chi connectivity index (χ4n) is 2.94. The molecule has 1 aromatic carbocycles. The summed E-state index contributed by atoms with van der Waals surface area (Å²) in [5, 5.41) is 15.0. The Labute approximate surface area is 165 Å². The molecule has 1 fully saturated rings. The second-order valence-electron chi connectivity index (χ2n) is 7.86. The number of carbonyl (C=O) groups is 3. The number of nitrogens with zero attached hydrogens (tertiary/aromatic N) is 1. The minimum absolute atomic E-state index is 0.00209. The van der Waals surface area contributed by atoms with Gasteiger partial charge in [0.25, 0.3) is 5.91 Å². The Bertz CT molecular complexity index is 706. The zero-order valence-electron chi connectivity index (χ0n) is 16.7. The molecule has 0 radical (unpaired) electrons. The van der Waals surface area contributed by atoms with Gasteiger partial charge in [-0.25, -0.2) is 4.79 Å². The Morgan fingerprint density at radius 1 is 1.21 bits per heavy atom. The Morgan fingerprint density at radius 3 is 2.50 bits per heavy atom. The molecule has 1 saturated heterocycles. The van der Waals surface area contributed by atoms with E-state index in [1.165, 1.54) is 12.1 Å². The van der Waals surface area contributed by atoms with Crippen LogP contribution in [0.5, 0.6) is 5.75 Å². The number of phenolic OH excluding ortho intramolecular Hbond substituents is 1. The summed E-state index contributed by atoms with van der Waals surface area (Å²) in [5.74, 6) is -0.205. The molecule has 8 heteroatoms. The molecule has 0 aliphatic carbocycles. The number of amides is 3. The van der Waals surface area contributed by atoms with Crippen molar-refractivity contribution in [3.05, 3.63) is 29.8 Å². The molecule has 1 aromatic rings. The van der Waals surface area contributed by atoms with Crippen molar-refractivity contribution >= 4 is 17.9 Å². The number of ether oxygens (including phenoxy) is 1. The number of nitrogens with one attached hydrogen (secondary N) is 2. The number of phenols is 1. The molecule has 0 unspecified atom stereocenters. The quantitative estimate of drug-likeness (QED) is 0.712. The molecule has 0 saturated carbocycles. The van der Waals surface area contributed by atoms with Gasteiger partial charge in [0, 0.05) is 37.7 Å². The summed E-state index contributed by atoms with van der Waals surface area (Å²) in [7, 11) is 0. The van der Waals surface area contributed by atoms with Crippen LogP contribution in [-0.4, -0.2) is 59.2 Å². The highest BCUT2D eigenvalue weighted by atomic mass is 16.6. The van der Waals surface area contributed by atoms with E-state index in [1.54, 1.807) is 37.8 Å². The summed E-state index contributed by atoms with van der Waals surface area (Å²) >= 11 is 0. The van der Waals surface area contributed by atoms with Gasteiger partial charge in [-0.2, -0.15) is 0 Å². The second-order valence-corrected chi connectivity index (χ2v) is 7.86. The molecule has 1 aliphatic heterocycles. The Balaban J connectivity index is 1.68. The van der Waals surface area contributed by atoms with E-state index < -0.39 is 11.7 Å². The van der Waals surface area contributed by atoms with Crippen molar-refractivity contribution in [2.24, 2.45) is 0 Å². The Kier molecular flexibility index (Phi) is 7.25. The molecule has 3 amide bonds. The van der Waals surface area contributed by atoms with E-state index in [1.807, 2.05) is 0 Å². The number of likely N-dealkylation sites (tertiary alicyclic amines) is 1. The minimum Gasteiger partial charge on any atom is -0.508 e. The number of benzene rings is 1. The third-order valence-electron chi connectivity index (χ3n) is 4.26. The van der Waals surface area contributed by atoms with E-state index >= 15 is 0 Å². The molecule has 28 heavy (non-hydrogen) atoms. The van der Waals surface area contributed by atoms with Gasteiger partial charge in [0.2, 0.25) is 5.91 Å². The Morgan fingerprint density at radius 2 is 1.89 bits per heavy atom. The van der Waals surface area contributed by atoms with Crippen LogP contribution in [0.15, 0.2) is 24.3 Å². The molecule has 1 aliphatic rings. The molecular formula is C20H29N3O5. The predicted octanol–water partition coefficient (Wildman–Crippen LogP) is 2.03. The smallest absolute Gasteiger partial charge is 0.407 e. The number of piperidine rings is 1. The van der Waals surface area contributed by atoms with Crippen LogP contribution in [0.3, 0.4) is 0 Å². The summed E-state index contributed by atoms with van der Waals surface area (Å²) in [4.78, 5) is 37.8. The number of carbonyl (C=O) groups excluding carboxylic acids is 3. The molecule has 8 nitrogen and oxygen atoms in total. The van der Waals surface area contributed by atoms with Crippen molar-refractivity contribution in [1.82, 2.24) is 15.5 Å². The molecule has 0 atom stereocenters. The fraction of sp³-hybridized carbons (Fsp3) is 0.550. The van der Waals surface area contributed by atoms with Gasteiger partial charge in [-0.3, -0.25) is 9.59 Å². The van der Waals surface area contributed by atoms with Crippen molar-refractivity contribution in [3.8, 4) is 5.75 Å². The normalized spacial score (nSPS) is 15.0. The minimum atomic E-state index is -0.573. The average Bonchev–Trinajstić information content (AvgIpc) is 2.60. The van der Waals surface area contributed by atoms with Crippen molar-refractivity contribution < 1.29 is 24.2 Å². The second kappa shape index (κ2) is 9.43. The number of rotatable bonds is 5. The summed E-state index contributed by atoms with van der Waals surface area (Å²) in [6.07, 6.45) is 0.951. The van der Waals surface area contributed by atoms with Crippen LogP contribution >= 0.6 is 0 Å². The molecule has 1 heterocycles. The van der Waals surface area contributed by atoms with Crippen molar-refractivity contribution in [1.29, 1.82) is 0 Å². The van der Waals surface area contributed by atoms with Crippen LogP contribution in [0.2, 0.25) is 0 Å². The highest BCUT2D eigenvalue weighted by Gasteiger charge is 2.24. The van der Waals surface area contributed by atoms with Crippen LogP contribution in [0.1, 0.15) is 50.4 Å². The van der Waals surface area contributed by atoms with E-state index in [0.717, 1.165) is 0 Å². The van der Waals surface area contributed by atoms with E-state index in [9.17, 15) is 19.5 Å². The van der Waals surface area contributed by atoms with Gasteiger partial charge in [-0.15, -0.1) is 0 Å². The lowest BCUT2D eigenvalue weighted by Gasteiger charge is -2.32. The lowest BCUT2D eigenvalue weighted by molar-refractivity contribution is -0.121. The third-order valence-corrected chi connectivity index (χ3v) is 4.26. The maximum absolute atomic E-state index is 12.5. The monoisotopic (exact) mass is 391 g/mol. The number of alkyl carbamates (subject to hydrolysis) is 1. The number of hydrogen-bond acceptors (Lipinski definition) is 5. The van der Waals surface area contributed by atoms with Gasteiger partial charge in [-0.1, -0.05) is 6.07 Å². The number of aromatic hydroxyl groups is 1.